The number of hydrogen-bond acceptors (Lipinski definition) is 5. The molecule has 2 heterocycles. The predicted octanol–water partition coefficient (Wildman–Crippen LogP) is 3.56. The minimum atomic E-state index is 0.0111. The van der Waals surface area contributed by atoms with Crippen LogP contribution in [0.25, 0.3) is 11.0 Å². The molecule has 1 aliphatic carbocycles. The van der Waals surface area contributed by atoms with Crippen LogP contribution in [0.4, 0.5) is 5.82 Å². The van der Waals surface area contributed by atoms with Gasteiger partial charge in [0, 0.05) is 19.1 Å². The van der Waals surface area contributed by atoms with Crippen LogP contribution in [-0.2, 0) is 4.79 Å². The Morgan fingerprint density at radius 3 is 2.71 bits per heavy atom. The summed E-state index contributed by atoms with van der Waals surface area (Å²) < 4.78 is 5.30. The van der Waals surface area contributed by atoms with Crippen molar-refractivity contribution in [1.29, 1.82) is 0 Å². The smallest absolute Gasteiger partial charge is 0.239 e. The largest absolute Gasteiger partial charge is 0.358 e. The lowest BCUT2D eigenvalue weighted by molar-refractivity contribution is -0.121. The number of nitrogens with zero attached hydrogens (tertiary/aromatic N) is 2. The van der Waals surface area contributed by atoms with E-state index in [-0.39, 0.29) is 18.5 Å². The number of carbonyl (C=O) groups is 1. The maximum atomic E-state index is 12.3. The molecule has 4 rings (SSSR count). The lowest BCUT2D eigenvalue weighted by Crippen LogP contribution is -2.63. The molecule has 0 radical (unpaired) electrons. The van der Waals surface area contributed by atoms with E-state index in [1.807, 2.05) is 25.1 Å². The molecule has 1 amide bonds. The van der Waals surface area contributed by atoms with Gasteiger partial charge in [-0.1, -0.05) is 30.6 Å². The van der Waals surface area contributed by atoms with Crippen LogP contribution < -0.4 is 10.6 Å². The lowest BCUT2D eigenvalue weighted by atomic mass is 9.78. The second-order valence-corrected chi connectivity index (χ2v) is 8.92. The van der Waals surface area contributed by atoms with Gasteiger partial charge in [0.25, 0.3) is 0 Å². The number of hydrogen-bond donors (Lipinski definition) is 2. The van der Waals surface area contributed by atoms with Crippen LogP contribution in [0, 0.1) is 18.8 Å². The van der Waals surface area contributed by atoms with Crippen molar-refractivity contribution in [2.24, 2.45) is 11.8 Å². The molecule has 0 unspecified atom stereocenters. The van der Waals surface area contributed by atoms with Gasteiger partial charge in [0.2, 0.25) is 5.91 Å². The quantitative estimate of drug-likeness (QED) is 0.797. The average molecular weight is 385 g/mol. The third kappa shape index (κ3) is 4.17. The second-order valence-electron chi connectivity index (χ2n) is 8.92. The molecule has 1 saturated heterocycles. The van der Waals surface area contributed by atoms with E-state index < -0.39 is 0 Å². The molecule has 2 aliphatic rings. The Kier molecular flexibility index (Phi) is 5.58. The maximum absolute atomic E-state index is 12.3. The summed E-state index contributed by atoms with van der Waals surface area (Å²) in [5, 5.41) is 11.2. The zero-order chi connectivity index (χ0) is 19.7. The first-order valence-electron chi connectivity index (χ1n) is 10.6. The Morgan fingerprint density at radius 2 is 2.00 bits per heavy atom. The Labute approximate surface area is 167 Å². The van der Waals surface area contributed by atoms with Crippen molar-refractivity contribution in [3.8, 4) is 0 Å². The zero-order valence-electron chi connectivity index (χ0n) is 17.2. The van der Waals surface area contributed by atoms with Crippen LogP contribution in [-0.4, -0.2) is 47.7 Å². The van der Waals surface area contributed by atoms with Crippen molar-refractivity contribution in [2.45, 2.75) is 58.5 Å². The summed E-state index contributed by atoms with van der Waals surface area (Å²) in [5.41, 5.74) is 1.87. The highest BCUT2D eigenvalue weighted by atomic mass is 16.5. The number of fused-ring (bicyclic) bond motifs is 1. The molecule has 0 atom stereocenters. The van der Waals surface area contributed by atoms with Crippen molar-refractivity contribution < 1.29 is 9.32 Å². The van der Waals surface area contributed by atoms with E-state index in [0.29, 0.717) is 11.9 Å². The molecular formula is C22H32N4O2. The monoisotopic (exact) mass is 384 g/mol. The second kappa shape index (κ2) is 8.11. The Bertz CT molecular complexity index is 817. The fraction of sp³-hybridized carbons (Fsp3) is 0.636. The van der Waals surface area contributed by atoms with Crippen LogP contribution in [0.15, 0.2) is 22.7 Å². The number of rotatable bonds is 6. The summed E-state index contributed by atoms with van der Waals surface area (Å²) in [5.74, 6) is 2.35. The van der Waals surface area contributed by atoms with Crippen LogP contribution in [0.2, 0.25) is 0 Å². The lowest BCUT2D eigenvalue weighted by Gasteiger charge is -2.47. The van der Waals surface area contributed by atoms with Crippen LogP contribution in [0.1, 0.15) is 45.1 Å². The minimum absolute atomic E-state index is 0.0111. The number of anilines is 1. The molecule has 2 N–H and O–H groups in total. The summed E-state index contributed by atoms with van der Waals surface area (Å²) in [6.45, 7) is 8.89. The number of aromatic nitrogens is 1. The fourth-order valence-corrected chi connectivity index (χ4v) is 4.66. The van der Waals surface area contributed by atoms with Crippen molar-refractivity contribution in [1.82, 2.24) is 15.4 Å². The number of amides is 1. The highest BCUT2D eigenvalue weighted by Crippen LogP contribution is 2.33. The van der Waals surface area contributed by atoms with E-state index in [1.165, 1.54) is 25.7 Å². The van der Waals surface area contributed by atoms with Gasteiger partial charge < -0.3 is 15.2 Å². The third-order valence-electron chi connectivity index (χ3n) is 6.52. The Hall–Kier alpha value is -2.08. The molecule has 1 aromatic heterocycles. The van der Waals surface area contributed by atoms with Gasteiger partial charge in [-0.3, -0.25) is 9.69 Å². The van der Waals surface area contributed by atoms with E-state index in [4.69, 9.17) is 4.52 Å². The van der Waals surface area contributed by atoms with Crippen molar-refractivity contribution >= 4 is 22.7 Å². The van der Waals surface area contributed by atoms with Crippen LogP contribution in [0.3, 0.4) is 0 Å². The molecular weight excluding hydrogens is 352 g/mol. The molecule has 1 aliphatic heterocycles. The van der Waals surface area contributed by atoms with Gasteiger partial charge >= 0.3 is 0 Å². The van der Waals surface area contributed by atoms with Gasteiger partial charge in [-0.2, -0.15) is 0 Å². The normalized spacial score (nSPS) is 23.7. The number of aryl methyl sites for hydroxylation is 1. The van der Waals surface area contributed by atoms with E-state index >= 15 is 0 Å². The molecule has 0 bridgehead atoms. The molecule has 1 aromatic carbocycles. The number of likely N-dealkylation sites (tertiary alicyclic amines) is 1. The summed E-state index contributed by atoms with van der Waals surface area (Å²) >= 11 is 0. The van der Waals surface area contributed by atoms with Gasteiger partial charge in [-0.05, 0) is 56.6 Å². The fourth-order valence-electron chi connectivity index (χ4n) is 4.66. The third-order valence-corrected chi connectivity index (χ3v) is 6.52. The summed E-state index contributed by atoms with van der Waals surface area (Å²) in [6, 6.07) is 6.89. The van der Waals surface area contributed by atoms with Crippen molar-refractivity contribution in [2.75, 3.05) is 25.0 Å². The first kappa shape index (κ1) is 19.2. The van der Waals surface area contributed by atoms with Gasteiger partial charge in [-0.25, -0.2) is 0 Å². The topological polar surface area (TPSA) is 70.4 Å². The van der Waals surface area contributed by atoms with E-state index in [1.54, 1.807) is 0 Å². The first-order chi connectivity index (χ1) is 13.5. The maximum Gasteiger partial charge on any atom is 0.239 e. The predicted molar refractivity (Wildman–Crippen MR) is 111 cm³/mol. The van der Waals surface area contributed by atoms with E-state index in [2.05, 4.69) is 34.5 Å². The van der Waals surface area contributed by atoms with Crippen LogP contribution >= 0.6 is 0 Å². The summed E-state index contributed by atoms with van der Waals surface area (Å²) in [6.07, 6.45) is 5.32. The van der Waals surface area contributed by atoms with E-state index in [9.17, 15) is 4.79 Å². The molecule has 2 aromatic rings. The number of carbonyl (C=O) groups excluding carboxylic acids is 1. The number of nitrogens with one attached hydrogen (secondary N) is 2. The molecule has 2 fully saturated rings. The van der Waals surface area contributed by atoms with Gasteiger partial charge in [0.1, 0.15) is 0 Å². The molecule has 1 saturated carbocycles. The first-order valence-corrected chi connectivity index (χ1v) is 10.6. The van der Waals surface area contributed by atoms with Crippen molar-refractivity contribution in [3.63, 3.8) is 0 Å². The molecule has 0 spiro atoms. The van der Waals surface area contributed by atoms with Gasteiger partial charge in [0.05, 0.1) is 18.0 Å². The summed E-state index contributed by atoms with van der Waals surface area (Å²) in [7, 11) is 0. The minimum Gasteiger partial charge on any atom is -0.358 e. The highest BCUT2D eigenvalue weighted by molar-refractivity contribution is 5.90. The van der Waals surface area contributed by atoms with Crippen LogP contribution in [0.5, 0.6) is 0 Å². The molecule has 28 heavy (non-hydrogen) atoms. The standard InChI is InChI=1S/C22H32N4O2/c1-14(2)16-5-7-18(8-6-16)26-12-17(13-26)24-21(27)11-23-22-19-10-15(3)4-9-20(19)28-25-22/h4,9-10,14,16-18H,5-8,11-13H2,1-3H3,(H,23,25)(H,24,27). The Morgan fingerprint density at radius 1 is 1.25 bits per heavy atom. The number of benzene rings is 1. The zero-order valence-corrected chi connectivity index (χ0v) is 17.2. The van der Waals surface area contributed by atoms with Gasteiger partial charge in [-0.15, -0.1) is 0 Å². The average Bonchev–Trinajstić information content (AvgIpc) is 3.05. The highest BCUT2D eigenvalue weighted by Gasteiger charge is 2.35. The molecule has 6 heteroatoms. The SMILES string of the molecule is Cc1ccc2onc(NCC(=O)NC3CN(C4CCC(C(C)C)CC4)C3)c2c1. The van der Waals surface area contributed by atoms with Gasteiger partial charge in [0.15, 0.2) is 11.4 Å². The Balaban J connectivity index is 1.19. The molecule has 6 nitrogen and oxygen atoms in total. The van der Waals surface area contributed by atoms with Crippen molar-refractivity contribution in [3.05, 3.63) is 23.8 Å². The molecule has 152 valence electrons. The summed E-state index contributed by atoms with van der Waals surface area (Å²) in [4.78, 5) is 14.8. The van der Waals surface area contributed by atoms with E-state index in [0.717, 1.165) is 41.5 Å².